The molecule has 2 aromatic heterocycles. The molecule has 0 spiro atoms. The van der Waals surface area contributed by atoms with E-state index in [-0.39, 0.29) is 0 Å². The van der Waals surface area contributed by atoms with Gasteiger partial charge in [0.05, 0.1) is 12.1 Å². The van der Waals surface area contributed by atoms with Gasteiger partial charge in [0.2, 0.25) is 5.88 Å². The maximum absolute atomic E-state index is 5.98. The monoisotopic (exact) mass is 249 g/mol. The van der Waals surface area contributed by atoms with Gasteiger partial charge >= 0.3 is 0 Å². The lowest BCUT2D eigenvalue weighted by molar-refractivity contribution is 0.397. The number of anilines is 1. The normalized spacial score (nSPS) is 10.0. The van der Waals surface area contributed by atoms with Gasteiger partial charge in [0, 0.05) is 25.0 Å². The van der Waals surface area contributed by atoms with Crippen LogP contribution in [0.4, 0.5) is 5.82 Å². The third kappa shape index (κ3) is 3.07. The summed E-state index contributed by atoms with van der Waals surface area (Å²) in [7, 11) is 1.59. The lowest BCUT2D eigenvalue weighted by Crippen LogP contribution is -2.02. The highest BCUT2D eigenvalue weighted by atomic mass is 35.5. The molecule has 17 heavy (non-hydrogen) atoms. The summed E-state index contributed by atoms with van der Waals surface area (Å²) in [6.07, 6.45) is 3.45. The molecule has 2 heterocycles. The van der Waals surface area contributed by atoms with Crippen molar-refractivity contribution in [2.45, 2.75) is 6.54 Å². The van der Waals surface area contributed by atoms with Crippen LogP contribution in [0, 0.1) is 0 Å². The van der Waals surface area contributed by atoms with Crippen LogP contribution in [0.3, 0.4) is 0 Å². The molecule has 0 aliphatic heterocycles. The standard InChI is InChI=1S/C12H12ClN3O/c1-17-11-5-4-9(7-15-11)8-16-12-10(13)3-2-6-14-12/h2-7H,8H2,1H3,(H,14,16). The summed E-state index contributed by atoms with van der Waals surface area (Å²) in [6.45, 7) is 0.619. The van der Waals surface area contributed by atoms with Gasteiger partial charge in [0.25, 0.3) is 0 Å². The summed E-state index contributed by atoms with van der Waals surface area (Å²) in [5, 5.41) is 3.75. The number of ether oxygens (including phenoxy) is 1. The Kier molecular flexibility index (Phi) is 3.77. The largest absolute Gasteiger partial charge is 0.481 e. The van der Waals surface area contributed by atoms with Crippen molar-refractivity contribution in [1.82, 2.24) is 9.97 Å². The minimum atomic E-state index is 0.601. The number of hydrogen-bond donors (Lipinski definition) is 1. The lowest BCUT2D eigenvalue weighted by Gasteiger charge is -2.07. The molecule has 0 amide bonds. The zero-order valence-electron chi connectivity index (χ0n) is 9.35. The fraction of sp³-hybridized carbons (Fsp3) is 0.167. The number of hydrogen-bond acceptors (Lipinski definition) is 4. The maximum atomic E-state index is 5.98. The van der Waals surface area contributed by atoms with Crippen molar-refractivity contribution in [1.29, 1.82) is 0 Å². The number of nitrogens with zero attached hydrogens (tertiary/aromatic N) is 2. The summed E-state index contributed by atoms with van der Waals surface area (Å²) < 4.78 is 4.99. The van der Waals surface area contributed by atoms with Crippen LogP contribution < -0.4 is 10.1 Å². The molecule has 0 atom stereocenters. The first-order chi connectivity index (χ1) is 8.29. The first-order valence-corrected chi connectivity index (χ1v) is 5.50. The summed E-state index contributed by atoms with van der Waals surface area (Å²) in [5.41, 5.74) is 1.03. The highest BCUT2D eigenvalue weighted by molar-refractivity contribution is 6.32. The second kappa shape index (κ2) is 5.50. The van der Waals surface area contributed by atoms with Crippen LogP contribution in [0.2, 0.25) is 5.02 Å². The van der Waals surface area contributed by atoms with E-state index < -0.39 is 0 Å². The number of nitrogens with one attached hydrogen (secondary N) is 1. The fourth-order valence-corrected chi connectivity index (χ4v) is 1.53. The van der Waals surface area contributed by atoms with Crippen LogP contribution in [0.1, 0.15) is 5.56 Å². The predicted octanol–water partition coefficient (Wildman–Crippen LogP) is 2.75. The molecule has 4 nitrogen and oxygen atoms in total. The molecule has 2 aromatic rings. The second-order valence-corrected chi connectivity index (χ2v) is 3.80. The average Bonchev–Trinajstić information content (AvgIpc) is 2.38. The van der Waals surface area contributed by atoms with Gasteiger partial charge in [-0.25, -0.2) is 9.97 Å². The van der Waals surface area contributed by atoms with Crippen LogP contribution in [0.15, 0.2) is 36.7 Å². The molecule has 0 radical (unpaired) electrons. The Hall–Kier alpha value is -1.81. The highest BCUT2D eigenvalue weighted by Crippen LogP contribution is 2.18. The van der Waals surface area contributed by atoms with E-state index in [2.05, 4.69) is 15.3 Å². The number of aromatic nitrogens is 2. The SMILES string of the molecule is COc1ccc(CNc2ncccc2Cl)cn1. The quantitative estimate of drug-likeness (QED) is 0.905. The van der Waals surface area contributed by atoms with Gasteiger partial charge in [0.15, 0.2) is 0 Å². The van der Waals surface area contributed by atoms with Crippen molar-refractivity contribution in [3.05, 3.63) is 47.2 Å². The van der Waals surface area contributed by atoms with Crippen molar-refractivity contribution in [3.63, 3.8) is 0 Å². The molecule has 0 aliphatic rings. The molecule has 2 rings (SSSR count). The van der Waals surface area contributed by atoms with Gasteiger partial charge < -0.3 is 10.1 Å². The van der Waals surface area contributed by atoms with Gasteiger partial charge in [-0.05, 0) is 17.7 Å². The summed E-state index contributed by atoms with van der Waals surface area (Å²) in [4.78, 5) is 8.26. The third-order valence-electron chi connectivity index (χ3n) is 2.23. The van der Waals surface area contributed by atoms with E-state index in [4.69, 9.17) is 16.3 Å². The molecule has 88 valence electrons. The Labute approximate surface area is 105 Å². The van der Waals surface area contributed by atoms with Gasteiger partial charge in [0.1, 0.15) is 5.82 Å². The smallest absolute Gasteiger partial charge is 0.212 e. The number of halogens is 1. The first-order valence-electron chi connectivity index (χ1n) is 5.13. The molecular formula is C12H12ClN3O. The van der Waals surface area contributed by atoms with Gasteiger partial charge in [-0.15, -0.1) is 0 Å². The molecule has 0 fully saturated rings. The Balaban J connectivity index is 2.00. The van der Waals surface area contributed by atoms with E-state index in [0.717, 1.165) is 5.56 Å². The summed E-state index contributed by atoms with van der Waals surface area (Å²) in [5.74, 6) is 1.27. The Morgan fingerprint density at radius 2 is 2.18 bits per heavy atom. The van der Waals surface area contributed by atoms with Gasteiger partial charge in [-0.2, -0.15) is 0 Å². The Bertz CT molecular complexity index is 487. The van der Waals surface area contributed by atoms with E-state index in [1.165, 1.54) is 0 Å². The zero-order chi connectivity index (χ0) is 12.1. The number of methoxy groups -OCH3 is 1. The average molecular weight is 250 g/mol. The maximum Gasteiger partial charge on any atom is 0.212 e. The van der Waals surface area contributed by atoms with Crippen molar-refractivity contribution in [2.75, 3.05) is 12.4 Å². The molecule has 0 aliphatic carbocycles. The third-order valence-corrected chi connectivity index (χ3v) is 2.53. The van der Waals surface area contributed by atoms with Crippen molar-refractivity contribution < 1.29 is 4.74 Å². The molecule has 0 saturated carbocycles. The molecule has 0 bridgehead atoms. The fourth-order valence-electron chi connectivity index (χ4n) is 1.34. The second-order valence-electron chi connectivity index (χ2n) is 3.40. The van der Waals surface area contributed by atoms with Crippen LogP contribution in [-0.4, -0.2) is 17.1 Å². The van der Waals surface area contributed by atoms with Crippen LogP contribution in [0.25, 0.3) is 0 Å². The van der Waals surface area contributed by atoms with Crippen LogP contribution in [0.5, 0.6) is 5.88 Å². The van der Waals surface area contributed by atoms with Crippen LogP contribution in [-0.2, 0) is 6.54 Å². The lowest BCUT2D eigenvalue weighted by atomic mass is 10.3. The topological polar surface area (TPSA) is 47.0 Å². The first kappa shape index (κ1) is 11.7. The molecule has 1 N–H and O–H groups in total. The van der Waals surface area contributed by atoms with Gasteiger partial charge in [-0.1, -0.05) is 17.7 Å². The molecule has 0 saturated heterocycles. The number of pyridine rings is 2. The van der Waals surface area contributed by atoms with E-state index >= 15 is 0 Å². The van der Waals surface area contributed by atoms with Gasteiger partial charge in [-0.3, -0.25) is 0 Å². The van der Waals surface area contributed by atoms with E-state index in [1.54, 1.807) is 31.6 Å². The minimum absolute atomic E-state index is 0.601. The zero-order valence-corrected chi connectivity index (χ0v) is 10.1. The summed E-state index contributed by atoms with van der Waals surface area (Å²) in [6, 6.07) is 7.35. The van der Waals surface area contributed by atoms with E-state index in [1.807, 2.05) is 12.1 Å². The van der Waals surface area contributed by atoms with Crippen molar-refractivity contribution in [3.8, 4) is 5.88 Å². The highest BCUT2D eigenvalue weighted by Gasteiger charge is 2.00. The molecule has 5 heteroatoms. The molecule has 0 aromatic carbocycles. The molecule has 0 unspecified atom stereocenters. The number of rotatable bonds is 4. The van der Waals surface area contributed by atoms with E-state index in [0.29, 0.717) is 23.3 Å². The summed E-state index contributed by atoms with van der Waals surface area (Å²) >= 11 is 5.98. The predicted molar refractivity (Wildman–Crippen MR) is 67.4 cm³/mol. The van der Waals surface area contributed by atoms with Crippen LogP contribution >= 0.6 is 11.6 Å². The Morgan fingerprint density at radius 3 is 2.82 bits per heavy atom. The Morgan fingerprint density at radius 1 is 1.29 bits per heavy atom. The van der Waals surface area contributed by atoms with Crippen molar-refractivity contribution >= 4 is 17.4 Å². The van der Waals surface area contributed by atoms with E-state index in [9.17, 15) is 0 Å². The molecular weight excluding hydrogens is 238 g/mol. The minimum Gasteiger partial charge on any atom is -0.481 e. The van der Waals surface area contributed by atoms with Crippen molar-refractivity contribution in [2.24, 2.45) is 0 Å².